The van der Waals surface area contributed by atoms with Gasteiger partial charge in [0.25, 0.3) is 0 Å². The second kappa shape index (κ2) is 9.79. The van der Waals surface area contributed by atoms with Crippen molar-refractivity contribution >= 4 is 15.9 Å². The number of nitrogens with one attached hydrogen (secondary N) is 1. The Morgan fingerprint density at radius 1 is 1.18 bits per heavy atom. The average Bonchev–Trinajstić information content (AvgIpc) is 2.78. The van der Waals surface area contributed by atoms with Crippen LogP contribution < -0.4 is 10.1 Å². The van der Waals surface area contributed by atoms with Gasteiger partial charge >= 0.3 is 0 Å². The summed E-state index contributed by atoms with van der Waals surface area (Å²) in [4.78, 5) is 13.0. The van der Waals surface area contributed by atoms with Crippen LogP contribution in [0.15, 0.2) is 35.2 Å². The lowest BCUT2D eigenvalue weighted by Gasteiger charge is -2.31. The highest BCUT2D eigenvalue weighted by atomic mass is 32.2. The standard InChI is InChI=1S/C24H29FN2O5S/c1-16-3-4-22(17(2)11-16)33(29,30)27-9-6-18(7-10-27)24(28)26-8-5-19-12-21(25)13-20-14-31-15-32-23(19)20/h3-4,11-13,18H,5-10,14-15H2,1-2H3,(H,26,28). The maximum absolute atomic E-state index is 13.9. The first kappa shape index (κ1) is 23.7. The van der Waals surface area contributed by atoms with Crippen molar-refractivity contribution in [3.05, 3.63) is 58.4 Å². The fraction of sp³-hybridized carbons (Fsp3) is 0.458. The zero-order valence-electron chi connectivity index (χ0n) is 18.9. The van der Waals surface area contributed by atoms with Crippen LogP contribution >= 0.6 is 0 Å². The summed E-state index contributed by atoms with van der Waals surface area (Å²) >= 11 is 0. The lowest BCUT2D eigenvalue weighted by Crippen LogP contribution is -2.43. The Kier molecular flexibility index (Phi) is 7.02. The molecule has 1 N–H and O–H groups in total. The molecule has 0 bridgehead atoms. The molecule has 9 heteroatoms. The van der Waals surface area contributed by atoms with E-state index in [1.165, 1.54) is 16.4 Å². The molecule has 1 amide bonds. The molecule has 0 unspecified atom stereocenters. The first-order valence-corrected chi connectivity index (χ1v) is 12.6. The number of ether oxygens (including phenoxy) is 2. The van der Waals surface area contributed by atoms with Crippen molar-refractivity contribution in [2.45, 2.75) is 44.6 Å². The Labute approximate surface area is 193 Å². The van der Waals surface area contributed by atoms with Crippen molar-refractivity contribution < 1.29 is 27.1 Å². The SMILES string of the molecule is Cc1ccc(S(=O)(=O)N2CCC(C(=O)NCCc3cc(F)cc4c3OCOC4)CC2)c(C)c1. The molecule has 1 fully saturated rings. The molecule has 2 aliphatic rings. The topological polar surface area (TPSA) is 84.9 Å². The third-order valence-corrected chi connectivity index (χ3v) is 8.28. The number of hydrogen-bond acceptors (Lipinski definition) is 5. The van der Waals surface area contributed by atoms with Gasteiger partial charge in [0, 0.05) is 31.1 Å². The summed E-state index contributed by atoms with van der Waals surface area (Å²) in [6, 6.07) is 8.14. The average molecular weight is 477 g/mol. The molecule has 2 aromatic carbocycles. The smallest absolute Gasteiger partial charge is 0.243 e. The third-order valence-electron chi connectivity index (χ3n) is 6.22. The fourth-order valence-electron chi connectivity index (χ4n) is 4.49. The van der Waals surface area contributed by atoms with Gasteiger partial charge in [-0.1, -0.05) is 17.7 Å². The molecule has 178 valence electrons. The zero-order valence-corrected chi connectivity index (χ0v) is 19.7. The van der Waals surface area contributed by atoms with Crippen LogP contribution in [0.4, 0.5) is 4.39 Å². The monoisotopic (exact) mass is 476 g/mol. The summed E-state index contributed by atoms with van der Waals surface area (Å²) in [6.07, 6.45) is 1.36. The summed E-state index contributed by atoms with van der Waals surface area (Å²) in [5.74, 6) is -0.0851. The van der Waals surface area contributed by atoms with E-state index in [0.717, 1.165) is 11.1 Å². The molecule has 33 heavy (non-hydrogen) atoms. The van der Waals surface area contributed by atoms with Gasteiger partial charge in [-0.15, -0.1) is 0 Å². The number of sulfonamides is 1. The minimum Gasteiger partial charge on any atom is -0.467 e. The number of aryl methyl sites for hydroxylation is 2. The normalized spacial score (nSPS) is 17.3. The van der Waals surface area contributed by atoms with Gasteiger partial charge in [-0.2, -0.15) is 4.31 Å². The van der Waals surface area contributed by atoms with E-state index < -0.39 is 10.0 Å². The third kappa shape index (κ3) is 5.20. The van der Waals surface area contributed by atoms with Crippen LogP contribution in [-0.4, -0.2) is 45.1 Å². The highest BCUT2D eigenvalue weighted by molar-refractivity contribution is 7.89. The number of fused-ring (bicyclic) bond motifs is 1. The predicted molar refractivity (Wildman–Crippen MR) is 121 cm³/mol. The molecule has 2 aliphatic heterocycles. The molecule has 0 aliphatic carbocycles. The molecule has 2 heterocycles. The molecule has 7 nitrogen and oxygen atoms in total. The number of hydrogen-bond donors (Lipinski definition) is 1. The lowest BCUT2D eigenvalue weighted by molar-refractivity contribution is -0.126. The summed E-state index contributed by atoms with van der Waals surface area (Å²) in [5, 5.41) is 2.91. The van der Waals surface area contributed by atoms with Gasteiger partial charge in [0.1, 0.15) is 11.6 Å². The Morgan fingerprint density at radius 3 is 2.67 bits per heavy atom. The quantitative estimate of drug-likeness (QED) is 0.693. The van der Waals surface area contributed by atoms with E-state index in [1.807, 2.05) is 13.0 Å². The van der Waals surface area contributed by atoms with Crippen LogP contribution in [0.3, 0.4) is 0 Å². The van der Waals surface area contributed by atoms with E-state index in [-0.39, 0.29) is 24.4 Å². The highest BCUT2D eigenvalue weighted by Crippen LogP contribution is 2.30. The van der Waals surface area contributed by atoms with Gasteiger partial charge in [-0.3, -0.25) is 4.79 Å². The van der Waals surface area contributed by atoms with Gasteiger partial charge in [-0.05, 0) is 62.4 Å². The lowest BCUT2D eigenvalue weighted by atomic mass is 9.97. The van der Waals surface area contributed by atoms with Crippen LogP contribution in [0.25, 0.3) is 0 Å². The first-order chi connectivity index (χ1) is 15.8. The highest BCUT2D eigenvalue weighted by Gasteiger charge is 2.32. The molecule has 2 aromatic rings. The van der Waals surface area contributed by atoms with E-state index in [0.29, 0.717) is 67.3 Å². The molecule has 0 spiro atoms. The molecule has 4 rings (SSSR count). The number of halogens is 1. The molecule has 0 atom stereocenters. The minimum absolute atomic E-state index is 0.104. The maximum Gasteiger partial charge on any atom is 0.243 e. The minimum atomic E-state index is -3.58. The summed E-state index contributed by atoms with van der Waals surface area (Å²) < 4.78 is 52.1. The fourth-order valence-corrected chi connectivity index (χ4v) is 6.17. The van der Waals surface area contributed by atoms with Crippen LogP contribution in [-0.2, 0) is 32.6 Å². The van der Waals surface area contributed by atoms with Crippen LogP contribution in [0.5, 0.6) is 5.75 Å². The van der Waals surface area contributed by atoms with Gasteiger partial charge < -0.3 is 14.8 Å². The molecular weight excluding hydrogens is 447 g/mol. The van der Waals surface area contributed by atoms with E-state index in [9.17, 15) is 17.6 Å². The summed E-state index contributed by atoms with van der Waals surface area (Å²) in [6.45, 7) is 5.11. The van der Waals surface area contributed by atoms with Crippen molar-refractivity contribution in [3.8, 4) is 5.75 Å². The Hall–Kier alpha value is -2.49. The van der Waals surface area contributed by atoms with E-state index in [1.54, 1.807) is 19.1 Å². The Morgan fingerprint density at radius 2 is 1.94 bits per heavy atom. The van der Waals surface area contributed by atoms with Gasteiger partial charge in [0.05, 0.1) is 11.5 Å². The van der Waals surface area contributed by atoms with Crippen LogP contribution in [0.2, 0.25) is 0 Å². The number of amides is 1. The van der Waals surface area contributed by atoms with Gasteiger partial charge in [0.2, 0.25) is 15.9 Å². The second-order valence-electron chi connectivity index (χ2n) is 8.65. The van der Waals surface area contributed by atoms with Gasteiger partial charge in [-0.25, -0.2) is 12.8 Å². The zero-order chi connectivity index (χ0) is 23.6. The van der Waals surface area contributed by atoms with Crippen LogP contribution in [0.1, 0.15) is 35.1 Å². The number of piperidine rings is 1. The predicted octanol–water partition coefficient (Wildman–Crippen LogP) is 3.07. The number of rotatable bonds is 6. The Balaban J connectivity index is 1.31. The van der Waals surface area contributed by atoms with E-state index in [2.05, 4.69) is 5.32 Å². The van der Waals surface area contributed by atoms with Crippen molar-refractivity contribution in [3.63, 3.8) is 0 Å². The number of nitrogens with zero attached hydrogens (tertiary/aromatic N) is 1. The summed E-state index contributed by atoms with van der Waals surface area (Å²) in [5.41, 5.74) is 3.10. The molecular formula is C24H29FN2O5S. The van der Waals surface area contributed by atoms with Crippen LogP contribution in [0, 0.1) is 25.6 Å². The Bertz CT molecular complexity index is 1140. The van der Waals surface area contributed by atoms with Gasteiger partial charge in [0.15, 0.2) is 6.79 Å². The molecule has 0 radical (unpaired) electrons. The van der Waals surface area contributed by atoms with E-state index in [4.69, 9.17) is 9.47 Å². The second-order valence-corrected chi connectivity index (χ2v) is 10.6. The first-order valence-electron chi connectivity index (χ1n) is 11.1. The number of carbonyl (C=O) groups is 1. The molecule has 1 saturated heterocycles. The largest absolute Gasteiger partial charge is 0.467 e. The van der Waals surface area contributed by atoms with Crippen molar-refractivity contribution in [2.24, 2.45) is 5.92 Å². The van der Waals surface area contributed by atoms with Crippen molar-refractivity contribution in [1.29, 1.82) is 0 Å². The van der Waals surface area contributed by atoms with E-state index >= 15 is 0 Å². The molecule has 0 aromatic heterocycles. The summed E-state index contributed by atoms with van der Waals surface area (Å²) in [7, 11) is -3.58. The van der Waals surface area contributed by atoms with Crippen molar-refractivity contribution in [2.75, 3.05) is 26.4 Å². The molecule has 0 saturated carbocycles. The van der Waals surface area contributed by atoms with Crippen molar-refractivity contribution in [1.82, 2.24) is 9.62 Å². The number of benzene rings is 2. The maximum atomic E-state index is 13.9. The number of carbonyl (C=O) groups excluding carboxylic acids is 1.